The van der Waals surface area contributed by atoms with E-state index in [0.717, 1.165) is 41.8 Å². The molecular formula is C18H18N6. The predicted octanol–water partition coefficient (Wildman–Crippen LogP) is 3.03. The summed E-state index contributed by atoms with van der Waals surface area (Å²) in [5.74, 6) is 0. The largest absolute Gasteiger partial charge is 0.315 e. The predicted molar refractivity (Wildman–Crippen MR) is 90.5 cm³/mol. The molecule has 1 atom stereocenters. The first kappa shape index (κ1) is 14.5. The Morgan fingerprint density at radius 2 is 2.08 bits per heavy atom. The van der Waals surface area contributed by atoms with Gasteiger partial charge in [-0.1, -0.05) is 18.2 Å². The molecule has 1 fully saturated rings. The van der Waals surface area contributed by atoms with Crippen molar-refractivity contribution in [3.8, 4) is 28.6 Å². The van der Waals surface area contributed by atoms with E-state index in [9.17, 15) is 5.26 Å². The van der Waals surface area contributed by atoms with Crippen LogP contribution < -0.4 is 0 Å². The molecule has 4 rings (SSSR count). The number of aryl methyl sites for hydroxylation is 1. The van der Waals surface area contributed by atoms with Gasteiger partial charge in [-0.3, -0.25) is 9.58 Å². The van der Waals surface area contributed by atoms with E-state index < -0.39 is 0 Å². The Hall–Kier alpha value is -3.07. The maximum Gasteiger partial charge on any atom is 0.181 e. The molecule has 24 heavy (non-hydrogen) atoms. The lowest BCUT2D eigenvalue weighted by atomic mass is 10.0. The number of likely N-dealkylation sites (tertiary alicyclic amines) is 1. The fourth-order valence-electron chi connectivity index (χ4n) is 3.25. The summed E-state index contributed by atoms with van der Waals surface area (Å²) in [5.41, 5.74) is 4.20. The topological polar surface area (TPSA) is 62.7 Å². The molecule has 0 N–H and O–H groups in total. The number of aromatic nitrogens is 4. The Balaban J connectivity index is 1.64. The molecule has 3 heterocycles. The molecule has 1 aromatic carbocycles. The first-order chi connectivity index (χ1) is 11.7. The highest BCUT2D eigenvalue weighted by atomic mass is 15.3. The van der Waals surface area contributed by atoms with Crippen molar-refractivity contribution in [2.75, 3.05) is 6.54 Å². The quantitative estimate of drug-likeness (QED) is 0.696. The van der Waals surface area contributed by atoms with Crippen LogP contribution in [0.3, 0.4) is 0 Å². The second-order valence-electron chi connectivity index (χ2n) is 6.11. The van der Waals surface area contributed by atoms with E-state index in [1.807, 2.05) is 47.5 Å². The molecule has 120 valence electrons. The summed E-state index contributed by atoms with van der Waals surface area (Å²) in [6, 6.07) is 8.30. The van der Waals surface area contributed by atoms with Crippen molar-refractivity contribution in [1.82, 2.24) is 24.2 Å². The Morgan fingerprint density at radius 3 is 2.88 bits per heavy atom. The number of benzene rings is 1. The van der Waals surface area contributed by atoms with Crippen molar-refractivity contribution in [2.24, 2.45) is 7.05 Å². The SMILES string of the molecule is Cn1cc(-c2cccc(-c3cn(C4CCCN4C#N)cn3)c2)cn1. The highest BCUT2D eigenvalue weighted by Gasteiger charge is 2.25. The van der Waals surface area contributed by atoms with Crippen LogP contribution in [-0.2, 0) is 7.05 Å². The summed E-state index contributed by atoms with van der Waals surface area (Å²) in [5, 5.41) is 13.5. The summed E-state index contributed by atoms with van der Waals surface area (Å²) >= 11 is 0. The highest BCUT2D eigenvalue weighted by Crippen LogP contribution is 2.29. The molecule has 2 aromatic heterocycles. The number of hydrogen-bond acceptors (Lipinski definition) is 4. The Labute approximate surface area is 140 Å². The van der Waals surface area contributed by atoms with Crippen LogP contribution >= 0.6 is 0 Å². The standard InChI is InChI=1S/C18H18N6/c1-22-10-16(9-21-22)14-4-2-5-15(8-14)17-11-24(13-20-17)18-6-3-7-23(18)12-19/h2,4-5,8-11,13,18H,3,6-7H2,1H3. The first-order valence-corrected chi connectivity index (χ1v) is 8.04. The van der Waals surface area contributed by atoms with Gasteiger partial charge in [0.25, 0.3) is 0 Å². The summed E-state index contributed by atoms with van der Waals surface area (Å²) in [7, 11) is 1.91. The molecule has 0 aliphatic carbocycles. The number of imidazole rings is 1. The third kappa shape index (κ3) is 2.54. The van der Waals surface area contributed by atoms with Gasteiger partial charge in [-0.15, -0.1) is 0 Å². The van der Waals surface area contributed by atoms with Gasteiger partial charge in [-0.2, -0.15) is 10.4 Å². The van der Waals surface area contributed by atoms with Crippen molar-refractivity contribution < 1.29 is 0 Å². The Bertz CT molecular complexity index is 900. The molecule has 0 amide bonds. The minimum atomic E-state index is 0.0951. The fraction of sp³-hybridized carbons (Fsp3) is 0.278. The summed E-state index contributed by atoms with van der Waals surface area (Å²) in [6.07, 6.45) is 12.1. The molecule has 1 saturated heterocycles. The fourth-order valence-corrected chi connectivity index (χ4v) is 3.25. The van der Waals surface area contributed by atoms with E-state index in [2.05, 4.69) is 34.5 Å². The first-order valence-electron chi connectivity index (χ1n) is 8.04. The van der Waals surface area contributed by atoms with E-state index in [1.165, 1.54) is 0 Å². The van der Waals surface area contributed by atoms with E-state index in [4.69, 9.17) is 0 Å². The number of hydrogen-bond donors (Lipinski definition) is 0. The van der Waals surface area contributed by atoms with Crippen LogP contribution in [0.5, 0.6) is 0 Å². The molecular weight excluding hydrogens is 300 g/mol. The van der Waals surface area contributed by atoms with Crippen molar-refractivity contribution in [2.45, 2.75) is 19.0 Å². The number of nitrogens with zero attached hydrogens (tertiary/aromatic N) is 6. The van der Waals surface area contributed by atoms with Gasteiger partial charge in [0.2, 0.25) is 0 Å². The smallest absolute Gasteiger partial charge is 0.181 e. The zero-order valence-corrected chi connectivity index (χ0v) is 13.5. The van der Waals surface area contributed by atoms with Crippen molar-refractivity contribution in [1.29, 1.82) is 5.26 Å². The molecule has 6 heteroatoms. The average molecular weight is 318 g/mol. The maximum atomic E-state index is 9.22. The second kappa shape index (κ2) is 5.85. The summed E-state index contributed by atoms with van der Waals surface area (Å²) in [4.78, 5) is 6.36. The zero-order valence-electron chi connectivity index (χ0n) is 13.5. The van der Waals surface area contributed by atoms with Gasteiger partial charge >= 0.3 is 0 Å². The van der Waals surface area contributed by atoms with E-state index in [0.29, 0.717) is 0 Å². The molecule has 1 unspecified atom stereocenters. The molecule has 1 aliphatic heterocycles. The Morgan fingerprint density at radius 1 is 1.21 bits per heavy atom. The van der Waals surface area contributed by atoms with Gasteiger partial charge in [0.15, 0.2) is 6.19 Å². The van der Waals surface area contributed by atoms with Crippen LogP contribution in [0.4, 0.5) is 0 Å². The van der Waals surface area contributed by atoms with E-state index >= 15 is 0 Å². The van der Waals surface area contributed by atoms with Gasteiger partial charge in [-0.05, 0) is 24.5 Å². The monoisotopic (exact) mass is 318 g/mol. The Kier molecular flexibility index (Phi) is 3.54. The molecule has 1 aliphatic rings. The molecule has 0 bridgehead atoms. The maximum absolute atomic E-state index is 9.22. The number of rotatable bonds is 3. The molecule has 0 radical (unpaired) electrons. The average Bonchev–Trinajstić information content (AvgIpc) is 3.34. The highest BCUT2D eigenvalue weighted by molar-refractivity contribution is 5.70. The molecule has 3 aromatic rings. The van der Waals surface area contributed by atoms with Crippen LogP contribution in [0.25, 0.3) is 22.4 Å². The zero-order chi connectivity index (χ0) is 16.5. The third-order valence-corrected chi connectivity index (χ3v) is 4.49. The van der Waals surface area contributed by atoms with Crippen molar-refractivity contribution >= 4 is 0 Å². The third-order valence-electron chi connectivity index (χ3n) is 4.49. The normalized spacial score (nSPS) is 17.2. The van der Waals surface area contributed by atoms with Gasteiger partial charge < -0.3 is 4.57 Å². The second-order valence-corrected chi connectivity index (χ2v) is 6.11. The molecule has 0 spiro atoms. The minimum absolute atomic E-state index is 0.0951. The van der Waals surface area contributed by atoms with Crippen molar-refractivity contribution in [3.63, 3.8) is 0 Å². The van der Waals surface area contributed by atoms with Crippen LogP contribution in [0.1, 0.15) is 19.0 Å². The minimum Gasteiger partial charge on any atom is -0.315 e. The van der Waals surface area contributed by atoms with Crippen molar-refractivity contribution in [3.05, 3.63) is 49.2 Å². The lowest BCUT2D eigenvalue weighted by molar-refractivity contribution is 0.281. The van der Waals surface area contributed by atoms with Crippen LogP contribution in [0.2, 0.25) is 0 Å². The summed E-state index contributed by atoms with van der Waals surface area (Å²) < 4.78 is 3.84. The van der Waals surface area contributed by atoms with Gasteiger partial charge in [-0.25, -0.2) is 4.98 Å². The van der Waals surface area contributed by atoms with E-state index in [1.54, 1.807) is 4.68 Å². The van der Waals surface area contributed by atoms with E-state index in [-0.39, 0.29) is 6.17 Å². The molecule has 0 saturated carbocycles. The van der Waals surface area contributed by atoms with Crippen LogP contribution in [0.15, 0.2) is 49.2 Å². The van der Waals surface area contributed by atoms with Crippen LogP contribution in [-0.4, -0.2) is 30.8 Å². The number of nitriles is 1. The van der Waals surface area contributed by atoms with Gasteiger partial charge in [0.05, 0.1) is 18.2 Å². The lowest BCUT2D eigenvalue weighted by Crippen LogP contribution is -2.21. The summed E-state index contributed by atoms with van der Waals surface area (Å²) in [6.45, 7) is 0.825. The van der Waals surface area contributed by atoms with Gasteiger partial charge in [0.1, 0.15) is 6.17 Å². The van der Waals surface area contributed by atoms with Crippen LogP contribution in [0, 0.1) is 11.5 Å². The molecule has 6 nitrogen and oxygen atoms in total. The van der Waals surface area contributed by atoms with Gasteiger partial charge in [0, 0.05) is 37.1 Å². The lowest BCUT2D eigenvalue weighted by Gasteiger charge is -2.19.